The highest BCUT2D eigenvalue weighted by molar-refractivity contribution is 5.66. The van der Waals surface area contributed by atoms with Gasteiger partial charge in [0, 0.05) is 12.0 Å². The molecule has 0 fully saturated rings. The third-order valence-corrected chi connectivity index (χ3v) is 5.03. The quantitative estimate of drug-likeness (QED) is 0.106. The summed E-state index contributed by atoms with van der Waals surface area (Å²) in [5.74, 6) is -27.7. The Morgan fingerprint density at radius 2 is 1.11 bits per heavy atom. The van der Waals surface area contributed by atoms with Gasteiger partial charge in [0.2, 0.25) is 5.82 Å². The zero-order valence-electron chi connectivity index (χ0n) is 19.0. The summed E-state index contributed by atoms with van der Waals surface area (Å²) in [7, 11) is 0.515. The van der Waals surface area contributed by atoms with Gasteiger partial charge in [-0.3, -0.25) is 5.32 Å². The molecule has 0 spiro atoms. The molecule has 0 saturated carbocycles. The van der Waals surface area contributed by atoms with Crippen LogP contribution >= 0.6 is 0 Å². The van der Waals surface area contributed by atoms with Crippen molar-refractivity contribution < 1.29 is 61.5 Å². The van der Waals surface area contributed by atoms with E-state index in [-0.39, 0.29) is 6.42 Å². The highest BCUT2D eigenvalue weighted by Crippen LogP contribution is 2.46. The molecule has 37 heavy (non-hydrogen) atoms. The second-order valence-corrected chi connectivity index (χ2v) is 7.58. The van der Waals surface area contributed by atoms with Gasteiger partial charge in [-0.05, 0) is 25.6 Å². The van der Waals surface area contributed by atoms with Crippen LogP contribution in [-0.4, -0.2) is 24.9 Å². The molecule has 1 N–H and O–H groups in total. The van der Waals surface area contributed by atoms with Crippen molar-refractivity contribution in [2.24, 2.45) is 0 Å². The lowest BCUT2D eigenvalue weighted by Gasteiger charge is -2.32. The summed E-state index contributed by atoms with van der Waals surface area (Å²) >= 11 is 0. The molecule has 0 heterocycles. The van der Waals surface area contributed by atoms with Gasteiger partial charge in [0.25, 0.3) is 0 Å². The van der Waals surface area contributed by atoms with E-state index in [0.29, 0.717) is 32.0 Å². The Bertz CT molecular complexity index is 1050. The van der Waals surface area contributed by atoms with Crippen molar-refractivity contribution in [3.63, 3.8) is 0 Å². The van der Waals surface area contributed by atoms with Crippen LogP contribution in [0.4, 0.5) is 61.5 Å². The molecule has 0 aliphatic rings. The number of nitrogens with one attached hydrogen (secondary N) is 1. The molecule has 0 unspecified atom stereocenters. The standard InChI is InChI=1S/C12H2F8.C10H17F6N/c13-4-2-1-3(6(14)7(4)15)5-8(16)10(18)12(20)11(19)9(5)17;1-3-4-5-6-7-8(11,12)9(13,14)10(15,16)17-2/h1-2H;17H,3-7H2,1-2H3. The van der Waals surface area contributed by atoms with E-state index in [2.05, 4.69) is 0 Å². The lowest BCUT2D eigenvalue weighted by molar-refractivity contribution is -0.319. The fourth-order valence-electron chi connectivity index (χ4n) is 2.88. The second-order valence-electron chi connectivity index (χ2n) is 7.58. The zero-order valence-corrected chi connectivity index (χ0v) is 19.0. The van der Waals surface area contributed by atoms with Gasteiger partial charge in [0.1, 0.15) is 0 Å². The number of unbranched alkanes of at least 4 members (excludes halogenated alkanes) is 3. The minimum absolute atomic E-state index is 0.198. The fraction of sp³-hybridized carbons (Fsp3) is 0.455. The monoisotopic (exact) mass is 563 g/mol. The highest BCUT2D eigenvalue weighted by Gasteiger charge is 2.70. The van der Waals surface area contributed by atoms with E-state index in [4.69, 9.17) is 0 Å². The maximum absolute atomic E-state index is 13.4. The molecule has 2 rings (SSSR count). The van der Waals surface area contributed by atoms with Gasteiger partial charge in [0.05, 0.1) is 5.56 Å². The number of hydrogen-bond acceptors (Lipinski definition) is 1. The van der Waals surface area contributed by atoms with Crippen LogP contribution in [0.1, 0.15) is 39.0 Å². The molecule has 2 aromatic carbocycles. The number of rotatable bonds is 9. The van der Waals surface area contributed by atoms with E-state index >= 15 is 0 Å². The Kier molecular flexibility index (Phi) is 10.8. The molecule has 210 valence electrons. The van der Waals surface area contributed by atoms with Gasteiger partial charge in [-0.25, -0.2) is 35.1 Å². The lowest BCUT2D eigenvalue weighted by atomic mass is 10.0. The largest absolute Gasteiger partial charge is 0.386 e. The molecule has 0 bridgehead atoms. The molecule has 1 nitrogen and oxygen atoms in total. The van der Waals surface area contributed by atoms with E-state index < -0.39 is 82.0 Å². The van der Waals surface area contributed by atoms with Crippen molar-refractivity contribution in [1.82, 2.24) is 5.32 Å². The predicted molar refractivity (Wildman–Crippen MR) is 104 cm³/mol. The van der Waals surface area contributed by atoms with E-state index in [1.165, 1.54) is 0 Å². The lowest BCUT2D eigenvalue weighted by Crippen LogP contribution is -2.59. The van der Waals surface area contributed by atoms with Crippen LogP contribution in [0.15, 0.2) is 12.1 Å². The van der Waals surface area contributed by atoms with Crippen molar-refractivity contribution in [3.05, 3.63) is 58.7 Å². The van der Waals surface area contributed by atoms with E-state index in [0.717, 1.165) is 11.7 Å². The summed E-state index contributed by atoms with van der Waals surface area (Å²) in [5, 5.41) is 0.926. The van der Waals surface area contributed by atoms with Crippen LogP contribution in [0.25, 0.3) is 11.1 Å². The van der Waals surface area contributed by atoms with Gasteiger partial charge in [-0.15, -0.1) is 0 Å². The zero-order chi connectivity index (χ0) is 28.9. The predicted octanol–water partition coefficient (Wildman–Crippen LogP) is 8.51. The number of alkyl halides is 6. The highest BCUT2D eigenvalue weighted by atomic mass is 19.3. The SMILES string of the molecule is CCCCCCC(F)(F)C(F)(F)C(F)(F)NC.Fc1ccc(-c2c(F)c(F)c(F)c(F)c2F)c(F)c1F. The summed E-state index contributed by atoms with van der Waals surface area (Å²) in [6.45, 7) is 1.82. The maximum Gasteiger partial charge on any atom is 0.386 e. The molecule has 0 aliphatic heterocycles. The minimum Gasteiger partial charge on any atom is -0.256 e. The Morgan fingerprint density at radius 3 is 1.57 bits per heavy atom. The summed E-state index contributed by atoms with van der Waals surface area (Å²) in [5.41, 5.74) is -2.95. The number of halogens is 14. The van der Waals surface area contributed by atoms with Crippen molar-refractivity contribution in [1.29, 1.82) is 0 Å². The minimum atomic E-state index is -5.39. The first-order valence-corrected chi connectivity index (χ1v) is 10.4. The molecular formula is C22H19F14N. The fourth-order valence-corrected chi connectivity index (χ4v) is 2.88. The Balaban J connectivity index is 0.000000377. The number of hydrogen-bond donors (Lipinski definition) is 1. The van der Waals surface area contributed by atoms with Crippen LogP contribution in [0, 0.1) is 46.5 Å². The first kappa shape index (κ1) is 32.4. The maximum atomic E-state index is 13.4. The first-order valence-electron chi connectivity index (χ1n) is 10.4. The molecule has 2 aromatic rings. The van der Waals surface area contributed by atoms with E-state index in [1.54, 1.807) is 0 Å². The molecule has 15 heteroatoms. The average molecular weight is 563 g/mol. The van der Waals surface area contributed by atoms with Crippen LogP contribution in [0.3, 0.4) is 0 Å². The third-order valence-electron chi connectivity index (χ3n) is 5.03. The third kappa shape index (κ3) is 6.65. The Morgan fingerprint density at radius 1 is 0.622 bits per heavy atom. The van der Waals surface area contributed by atoms with Gasteiger partial charge in [-0.2, -0.15) is 26.3 Å². The van der Waals surface area contributed by atoms with Crippen LogP contribution in [0.5, 0.6) is 0 Å². The van der Waals surface area contributed by atoms with Gasteiger partial charge in [0.15, 0.2) is 40.7 Å². The molecule has 0 amide bonds. The summed E-state index contributed by atoms with van der Waals surface area (Å²) in [4.78, 5) is 0. The van der Waals surface area contributed by atoms with Gasteiger partial charge >= 0.3 is 17.9 Å². The molecule has 0 saturated heterocycles. The molecule has 0 atom stereocenters. The van der Waals surface area contributed by atoms with Gasteiger partial charge < -0.3 is 0 Å². The average Bonchev–Trinajstić information content (AvgIpc) is 2.84. The van der Waals surface area contributed by atoms with E-state index in [1.807, 2.05) is 6.92 Å². The molecular weight excluding hydrogens is 544 g/mol. The van der Waals surface area contributed by atoms with Crippen LogP contribution in [-0.2, 0) is 0 Å². The summed E-state index contributed by atoms with van der Waals surface area (Å²) in [6.07, 6.45) is 0.250. The smallest absolute Gasteiger partial charge is 0.256 e. The first-order chi connectivity index (χ1) is 16.9. The van der Waals surface area contributed by atoms with Crippen molar-refractivity contribution in [3.8, 4) is 11.1 Å². The molecule has 0 aliphatic carbocycles. The van der Waals surface area contributed by atoms with Crippen molar-refractivity contribution >= 4 is 0 Å². The molecule has 0 aromatic heterocycles. The van der Waals surface area contributed by atoms with Gasteiger partial charge in [-0.1, -0.05) is 26.2 Å². The Hall–Kier alpha value is -2.58. The second kappa shape index (κ2) is 12.3. The van der Waals surface area contributed by atoms with Crippen LogP contribution < -0.4 is 5.32 Å². The number of benzene rings is 2. The van der Waals surface area contributed by atoms with Crippen molar-refractivity contribution in [2.45, 2.75) is 56.9 Å². The normalized spacial score (nSPS) is 12.4. The summed E-state index contributed by atoms with van der Waals surface area (Å²) < 4.78 is 182. The molecule has 0 radical (unpaired) electrons. The van der Waals surface area contributed by atoms with Crippen molar-refractivity contribution in [2.75, 3.05) is 7.05 Å². The summed E-state index contributed by atoms with van der Waals surface area (Å²) in [6, 6.07) is -4.25. The topological polar surface area (TPSA) is 12.0 Å². The van der Waals surface area contributed by atoms with Crippen LogP contribution in [0.2, 0.25) is 0 Å². The Labute approximate surface area is 201 Å². The van der Waals surface area contributed by atoms with E-state index in [9.17, 15) is 61.5 Å².